The van der Waals surface area contributed by atoms with Gasteiger partial charge in [-0.1, -0.05) is 109 Å². The summed E-state index contributed by atoms with van der Waals surface area (Å²) < 4.78 is 5.89. The molecule has 0 unspecified atom stereocenters. The Kier molecular flexibility index (Phi) is 15.8. The number of ether oxygens (including phenoxy) is 1. The van der Waals surface area contributed by atoms with Crippen molar-refractivity contribution in [1.29, 1.82) is 0 Å². The van der Waals surface area contributed by atoms with E-state index in [4.69, 9.17) is 4.74 Å². The molecule has 0 fully saturated rings. The highest BCUT2D eigenvalue weighted by atomic mass is 16.5. The van der Waals surface area contributed by atoms with Crippen molar-refractivity contribution in [3.8, 4) is 5.75 Å². The topological polar surface area (TPSA) is 129 Å². The zero-order valence-corrected chi connectivity index (χ0v) is 31.0. The van der Waals surface area contributed by atoms with Gasteiger partial charge in [-0.15, -0.1) is 0 Å². The van der Waals surface area contributed by atoms with Crippen LogP contribution in [0.25, 0.3) is 5.57 Å². The van der Waals surface area contributed by atoms with E-state index in [1.54, 1.807) is 25.3 Å². The Morgan fingerprint density at radius 1 is 0.824 bits per heavy atom. The first-order valence-corrected chi connectivity index (χ1v) is 17.8. The van der Waals surface area contributed by atoms with Crippen molar-refractivity contribution in [2.75, 3.05) is 6.61 Å². The van der Waals surface area contributed by atoms with E-state index in [1.165, 1.54) is 25.7 Å². The molecule has 0 aliphatic rings. The number of carbonyl (C=O) groups excluding carboxylic acids is 2. The molecule has 3 rings (SSSR count). The highest BCUT2D eigenvalue weighted by Gasteiger charge is 2.26. The number of allylic oxidation sites excluding steroid dienone is 1. The molecule has 2 amide bonds. The van der Waals surface area contributed by atoms with Crippen molar-refractivity contribution in [3.63, 3.8) is 0 Å². The molecule has 3 N–H and O–H groups in total. The van der Waals surface area contributed by atoms with Gasteiger partial charge in [0.25, 0.3) is 5.91 Å². The van der Waals surface area contributed by atoms with Gasteiger partial charge >= 0.3 is 5.97 Å². The van der Waals surface area contributed by atoms with Gasteiger partial charge in [-0.3, -0.25) is 9.59 Å². The zero-order chi connectivity index (χ0) is 37.4. The summed E-state index contributed by atoms with van der Waals surface area (Å²) in [5, 5.41) is 14.9. The summed E-state index contributed by atoms with van der Waals surface area (Å²) in [6.45, 7) is 16.5. The summed E-state index contributed by atoms with van der Waals surface area (Å²) in [6, 6.07) is 20.4. The molecule has 2 atom stereocenters. The summed E-state index contributed by atoms with van der Waals surface area (Å²) in [4.78, 5) is 47.0. The van der Waals surface area contributed by atoms with Crippen LogP contribution in [0, 0.1) is 0 Å². The molecule has 0 heterocycles. The number of nitrogens with zero attached hydrogens (tertiary/aromatic N) is 2. The Bertz CT molecular complexity index is 1650. The van der Waals surface area contributed by atoms with Crippen LogP contribution in [0.15, 0.2) is 89.0 Å². The lowest BCUT2D eigenvalue weighted by molar-refractivity contribution is -0.142. The van der Waals surface area contributed by atoms with Crippen molar-refractivity contribution in [1.82, 2.24) is 10.6 Å². The number of hydrogen-bond acceptors (Lipinski definition) is 5. The Morgan fingerprint density at radius 3 is 2.00 bits per heavy atom. The van der Waals surface area contributed by atoms with E-state index >= 15 is 0 Å². The summed E-state index contributed by atoms with van der Waals surface area (Å²) in [5.74, 6) is -0.869. The van der Waals surface area contributed by atoms with Gasteiger partial charge in [-0.25, -0.2) is 14.8 Å². The summed E-state index contributed by atoms with van der Waals surface area (Å²) in [6.07, 6.45) is 8.07. The second kappa shape index (κ2) is 20.0. The van der Waals surface area contributed by atoms with Crippen molar-refractivity contribution in [2.24, 2.45) is 9.98 Å². The number of hydrogen-bond donors (Lipinski definition) is 3. The van der Waals surface area contributed by atoms with Gasteiger partial charge in [0.2, 0.25) is 5.91 Å². The van der Waals surface area contributed by atoms with Crippen molar-refractivity contribution in [2.45, 2.75) is 104 Å². The van der Waals surface area contributed by atoms with E-state index < -0.39 is 29.9 Å². The Balaban J connectivity index is 1.72. The molecular weight excluding hydrogens is 640 g/mol. The average molecular weight is 695 g/mol. The molecule has 51 heavy (non-hydrogen) atoms. The number of rotatable bonds is 18. The molecule has 0 saturated carbocycles. The van der Waals surface area contributed by atoms with E-state index in [0.29, 0.717) is 18.0 Å². The highest BCUT2D eigenvalue weighted by Crippen LogP contribution is 2.23. The van der Waals surface area contributed by atoms with E-state index in [0.717, 1.165) is 40.0 Å². The second-order valence-electron chi connectivity index (χ2n) is 13.8. The molecule has 0 bridgehead atoms. The number of aliphatic carboxylic acids is 1. The van der Waals surface area contributed by atoms with Crippen LogP contribution in [0.4, 0.5) is 0 Å². The third-order valence-corrected chi connectivity index (χ3v) is 8.67. The molecule has 272 valence electrons. The van der Waals surface area contributed by atoms with Gasteiger partial charge in [0.15, 0.2) is 5.84 Å². The smallest absolute Gasteiger partial charge is 0.326 e. The zero-order valence-electron chi connectivity index (χ0n) is 31.0. The first-order valence-electron chi connectivity index (χ1n) is 17.8. The van der Waals surface area contributed by atoms with Gasteiger partial charge in [-0.2, -0.15) is 0 Å². The van der Waals surface area contributed by atoms with Crippen LogP contribution in [0.5, 0.6) is 5.75 Å². The largest absolute Gasteiger partial charge is 0.494 e. The lowest BCUT2D eigenvalue weighted by Crippen LogP contribution is -2.52. The Morgan fingerprint density at radius 2 is 1.43 bits per heavy atom. The van der Waals surface area contributed by atoms with Gasteiger partial charge in [-0.05, 0) is 78.4 Å². The highest BCUT2D eigenvalue weighted by molar-refractivity contribution is 6.02. The van der Waals surface area contributed by atoms with Crippen LogP contribution in [-0.4, -0.2) is 54.1 Å². The fraction of sp³-hybridized carbons (Fsp3) is 0.405. The average Bonchev–Trinajstić information content (AvgIpc) is 3.12. The van der Waals surface area contributed by atoms with Crippen molar-refractivity contribution >= 4 is 35.9 Å². The van der Waals surface area contributed by atoms with Crippen molar-refractivity contribution < 1.29 is 24.2 Å². The standard InChI is InChI=1S/C42H54N4O5/c1-8-10-11-12-13-26-51-35-24-20-31(21-25-35)29(3)28-44-38(43-7)32-16-14-30(15-17-32)27-37(40(48)45-36(9-2)41(49)50)46-39(47)33-18-22-34(23-19-33)42(4,5)6/h14-25,28,36-37H,7-13,26-27H2,1-6H3,(H,45,48)(H,46,47)(H,49,50)/b29-28+,44-38?/t36-,37-/m0/s1. The fourth-order valence-corrected chi connectivity index (χ4v) is 5.36. The number of carboxylic acid groups (broad SMARTS) is 1. The number of carboxylic acids is 1. The van der Waals surface area contributed by atoms with Crippen LogP contribution >= 0.6 is 0 Å². The molecule has 3 aromatic carbocycles. The molecule has 9 nitrogen and oxygen atoms in total. The molecule has 0 aliphatic heterocycles. The summed E-state index contributed by atoms with van der Waals surface area (Å²) >= 11 is 0. The lowest BCUT2D eigenvalue weighted by atomic mass is 9.86. The monoisotopic (exact) mass is 694 g/mol. The number of benzene rings is 3. The first kappa shape index (κ1) is 40.4. The summed E-state index contributed by atoms with van der Waals surface area (Å²) in [7, 11) is 0. The minimum Gasteiger partial charge on any atom is -0.494 e. The molecule has 3 aromatic rings. The molecular formula is C42H54N4O5. The minimum atomic E-state index is -1.14. The molecule has 0 saturated heterocycles. The maximum absolute atomic E-state index is 13.3. The number of unbranched alkanes of at least 4 members (excludes halogenated alkanes) is 4. The molecule has 0 spiro atoms. The molecule has 0 aliphatic carbocycles. The van der Waals surface area contributed by atoms with E-state index in [9.17, 15) is 19.5 Å². The number of amidine groups is 1. The van der Waals surface area contributed by atoms with Gasteiger partial charge in [0, 0.05) is 23.7 Å². The number of amides is 2. The first-order chi connectivity index (χ1) is 24.4. The molecule has 0 aromatic heterocycles. The van der Waals surface area contributed by atoms with E-state index in [1.807, 2.05) is 67.6 Å². The normalized spacial score (nSPS) is 13.2. The van der Waals surface area contributed by atoms with Crippen LogP contribution < -0.4 is 15.4 Å². The number of carbonyl (C=O) groups is 3. The minimum absolute atomic E-state index is 0.0783. The SMILES string of the molecule is C=NC(=N/C=C(\C)c1ccc(OCCCCCCC)cc1)c1ccc(C[C@H](NC(=O)c2ccc(C(C)(C)C)cc2)C(=O)N[C@@H](CC)C(=O)O)cc1. The third-order valence-electron chi connectivity index (χ3n) is 8.67. The quantitative estimate of drug-likeness (QED) is 0.0703. The van der Waals surface area contributed by atoms with Gasteiger partial charge in [0.05, 0.1) is 6.61 Å². The summed E-state index contributed by atoms with van der Waals surface area (Å²) in [5.41, 5.74) is 4.84. The van der Waals surface area contributed by atoms with Crippen LogP contribution in [0.2, 0.25) is 0 Å². The predicted octanol–water partition coefficient (Wildman–Crippen LogP) is 8.16. The number of aliphatic imine (C=N–C) groups is 2. The predicted molar refractivity (Wildman–Crippen MR) is 207 cm³/mol. The van der Waals surface area contributed by atoms with Gasteiger partial charge < -0.3 is 20.5 Å². The third kappa shape index (κ3) is 13.0. The lowest BCUT2D eigenvalue weighted by Gasteiger charge is -2.22. The Hall–Kier alpha value is -5.05. The van der Waals surface area contributed by atoms with Gasteiger partial charge in [0.1, 0.15) is 17.8 Å². The van der Waals surface area contributed by atoms with Crippen LogP contribution in [0.1, 0.15) is 113 Å². The number of nitrogens with one attached hydrogen (secondary N) is 2. The van der Waals surface area contributed by atoms with E-state index in [2.05, 4.69) is 55.0 Å². The fourth-order valence-electron chi connectivity index (χ4n) is 5.36. The van der Waals surface area contributed by atoms with Crippen LogP contribution in [-0.2, 0) is 21.4 Å². The maximum Gasteiger partial charge on any atom is 0.326 e. The molecule has 9 heteroatoms. The van der Waals surface area contributed by atoms with E-state index in [-0.39, 0.29) is 18.3 Å². The molecule has 0 radical (unpaired) electrons. The van der Waals surface area contributed by atoms with Crippen molar-refractivity contribution in [3.05, 3.63) is 107 Å². The second-order valence-corrected chi connectivity index (χ2v) is 13.8. The Labute approximate surface area is 303 Å². The maximum atomic E-state index is 13.3. The van der Waals surface area contributed by atoms with Crippen LogP contribution in [0.3, 0.4) is 0 Å².